The first-order chi connectivity index (χ1) is 10.3. The third-order valence-electron chi connectivity index (χ3n) is 3.97. The Kier molecular flexibility index (Phi) is 8.48. The van der Waals surface area contributed by atoms with E-state index in [1.165, 1.54) is 18.4 Å². The summed E-state index contributed by atoms with van der Waals surface area (Å²) < 4.78 is 12.7. The molecular formula is C19H31BrO2. The van der Waals surface area contributed by atoms with Gasteiger partial charge in [-0.25, -0.2) is 0 Å². The van der Waals surface area contributed by atoms with Crippen molar-refractivity contribution in [3.63, 3.8) is 0 Å². The van der Waals surface area contributed by atoms with Crippen LogP contribution in [0.4, 0.5) is 0 Å². The molecule has 0 saturated carbocycles. The van der Waals surface area contributed by atoms with E-state index >= 15 is 0 Å². The standard InChI is InChI=1S/C19H31BrO2/c1-6-22-19(4,5)12-7-8-15(2)11-13-21-18-10-9-16(3)14-17(18)20/h9-10,14-15H,6-8,11-13H2,1-5H3. The Balaban J connectivity index is 2.22. The molecule has 1 atom stereocenters. The molecule has 1 rings (SSSR count). The summed E-state index contributed by atoms with van der Waals surface area (Å²) in [5.74, 6) is 1.62. The minimum absolute atomic E-state index is 0.0116. The number of benzene rings is 1. The van der Waals surface area contributed by atoms with E-state index in [9.17, 15) is 0 Å². The molecule has 0 heterocycles. The van der Waals surface area contributed by atoms with E-state index < -0.39 is 0 Å². The molecule has 1 aromatic rings. The zero-order valence-corrected chi connectivity index (χ0v) is 16.3. The number of rotatable bonds is 10. The Bertz CT molecular complexity index is 443. The van der Waals surface area contributed by atoms with Crippen LogP contribution in [-0.2, 0) is 4.74 Å². The van der Waals surface area contributed by atoms with Crippen LogP contribution >= 0.6 is 15.9 Å². The summed E-state index contributed by atoms with van der Waals surface area (Å²) in [5, 5.41) is 0. The van der Waals surface area contributed by atoms with Gasteiger partial charge in [0.15, 0.2) is 0 Å². The Morgan fingerprint density at radius 3 is 2.59 bits per heavy atom. The van der Waals surface area contributed by atoms with E-state index in [1.54, 1.807) is 0 Å². The van der Waals surface area contributed by atoms with E-state index in [1.807, 2.05) is 6.07 Å². The van der Waals surface area contributed by atoms with Crippen molar-refractivity contribution < 1.29 is 9.47 Å². The molecule has 0 amide bonds. The minimum Gasteiger partial charge on any atom is -0.492 e. The van der Waals surface area contributed by atoms with Gasteiger partial charge < -0.3 is 9.47 Å². The van der Waals surface area contributed by atoms with Crippen molar-refractivity contribution >= 4 is 15.9 Å². The fourth-order valence-electron chi connectivity index (χ4n) is 2.58. The van der Waals surface area contributed by atoms with Gasteiger partial charge in [-0.05, 0) is 80.1 Å². The smallest absolute Gasteiger partial charge is 0.133 e. The van der Waals surface area contributed by atoms with E-state index in [-0.39, 0.29) is 5.60 Å². The molecular weight excluding hydrogens is 340 g/mol. The normalized spacial score (nSPS) is 13.2. The van der Waals surface area contributed by atoms with Crippen LogP contribution < -0.4 is 4.74 Å². The third kappa shape index (κ3) is 7.64. The van der Waals surface area contributed by atoms with E-state index in [4.69, 9.17) is 9.47 Å². The van der Waals surface area contributed by atoms with Crippen molar-refractivity contribution in [2.45, 2.75) is 65.9 Å². The Hall–Kier alpha value is -0.540. The molecule has 0 bridgehead atoms. The maximum atomic E-state index is 5.88. The fraction of sp³-hybridized carbons (Fsp3) is 0.684. The van der Waals surface area contributed by atoms with Crippen LogP contribution in [0.1, 0.15) is 58.9 Å². The lowest BCUT2D eigenvalue weighted by Crippen LogP contribution is -2.24. The summed E-state index contributed by atoms with van der Waals surface area (Å²) in [7, 11) is 0. The summed E-state index contributed by atoms with van der Waals surface area (Å²) in [6.07, 6.45) is 4.66. The molecule has 22 heavy (non-hydrogen) atoms. The Morgan fingerprint density at radius 2 is 1.95 bits per heavy atom. The van der Waals surface area contributed by atoms with Crippen molar-refractivity contribution in [2.75, 3.05) is 13.2 Å². The summed E-state index contributed by atoms with van der Waals surface area (Å²) in [6.45, 7) is 12.4. The van der Waals surface area contributed by atoms with E-state index in [0.29, 0.717) is 5.92 Å². The van der Waals surface area contributed by atoms with Crippen molar-refractivity contribution in [1.82, 2.24) is 0 Å². The predicted molar refractivity (Wildman–Crippen MR) is 97.7 cm³/mol. The molecule has 0 fully saturated rings. The zero-order valence-electron chi connectivity index (χ0n) is 14.7. The molecule has 0 saturated heterocycles. The molecule has 1 aromatic carbocycles. The largest absolute Gasteiger partial charge is 0.492 e. The molecule has 0 radical (unpaired) electrons. The van der Waals surface area contributed by atoms with Crippen LogP contribution in [0.2, 0.25) is 0 Å². The topological polar surface area (TPSA) is 18.5 Å². The lowest BCUT2D eigenvalue weighted by atomic mass is 9.95. The number of ether oxygens (including phenoxy) is 2. The molecule has 0 aliphatic carbocycles. The summed E-state index contributed by atoms with van der Waals surface area (Å²) >= 11 is 3.55. The second-order valence-electron chi connectivity index (χ2n) is 6.76. The molecule has 1 unspecified atom stereocenters. The Labute approximate surface area is 144 Å². The van der Waals surface area contributed by atoms with Gasteiger partial charge in [0.2, 0.25) is 0 Å². The Morgan fingerprint density at radius 1 is 1.23 bits per heavy atom. The SMILES string of the molecule is CCOC(C)(C)CCCC(C)CCOc1ccc(C)cc1Br. The second-order valence-corrected chi connectivity index (χ2v) is 7.62. The molecule has 0 aliphatic rings. The van der Waals surface area contributed by atoms with Crippen LogP contribution in [0.25, 0.3) is 0 Å². The van der Waals surface area contributed by atoms with Gasteiger partial charge in [0.25, 0.3) is 0 Å². The van der Waals surface area contributed by atoms with Crippen LogP contribution in [-0.4, -0.2) is 18.8 Å². The average Bonchev–Trinajstić information content (AvgIpc) is 2.41. The molecule has 0 aromatic heterocycles. The van der Waals surface area contributed by atoms with Crippen molar-refractivity contribution in [3.05, 3.63) is 28.2 Å². The van der Waals surface area contributed by atoms with Gasteiger partial charge in [-0.15, -0.1) is 0 Å². The average molecular weight is 371 g/mol. The maximum absolute atomic E-state index is 5.88. The van der Waals surface area contributed by atoms with Crippen molar-refractivity contribution in [1.29, 1.82) is 0 Å². The lowest BCUT2D eigenvalue weighted by molar-refractivity contribution is -0.0183. The number of aryl methyl sites for hydroxylation is 1. The summed E-state index contributed by atoms with van der Waals surface area (Å²) in [4.78, 5) is 0. The fourth-order valence-corrected chi connectivity index (χ4v) is 3.18. The van der Waals surface area contributed by atoms with Gasteiger partial charge in [-0.3, -0.25) is 0 Å². The molecule has 3 heteroatoms. The highest BCUT2D eigenvalue weighted by molar-refractivity contribution is 9.10. The van der Waals surface area contributed by atoms with Crippen LogP contribution in [0, 0.1) is 12.8 Å². The number of hydrogen-bond donors (Lipinski definition) is 0. The van der Waals surface area contributed by atoms with Crippen LogP contribution in [0.5, 0.6) is 5.75 Å². The van der Waals surface area contributed by atoms with Crippen molar-refractivity contribution in [3.8, 4) is 5.75 Å². The van der Waals surface area contributed by atoms with E-state index in [2.05, 4.69) is 62.7 Å². The molecule has 0 spiro atoms. The third-order valence-corrected chi connectivity index (χ3v) is 4.59. The quantitative estimate of drug-likeness (QED) is 0.491. The highest BCUT2D eigenvalue weighted by Crippen LogP contribution is 2.26. The van der Waals surface area contributed by atoms with Crippen molar-refractivity contribution in [2.24, 2.45) is 5.92 Å². The minimum atomic E-state index is 0.0116. The molecule has 0 aliphatic heterocycles. The number of hydrogen-bond acceptors (Lipinski definition) is 2. The first kappa shape index (κ1) is 19.5. The first-order valence-corrected chi connectivity index (χ1v) is 9.16. The van der Waals surface area contributed by atoms with Gasteiger partial charge in [0.1, 0.15) is 5.75 Å². The van der Waals surface area contributed by atoms with Gasteiger partial charge in [0, 0.05) is 6.61 Å². The zero-order chi connectivity index (χ0) is 16.6. The maximum Gasteiger partial charge on any atom is 0.133 e. The number of halogens is 1. The highest BCUT2D eigenvalue weighted by Gasteiger charge is 2.17. The monoisotopic (exact) mass is 370 g/mol. The first-order valence-electron chi connectivity index (χ1n) is 8.37. The molecule has 2 nitrogen and oxygen atoms in total. The van der Waals surface area contributed by atoms with Gasteiger partial charge in [0.05, 0.1) is 16.7 Å². The van der Waals surface area contributed by atoms with Crippen LogP contribution in [0.15, 0.2) is 22.7 Å². The lowest BCUT2D eigenvalue weighted by Gasteiger charge is -2.25. The van der Waals surface area contributed by atoms with Gasteiger partial charge in [-0.1, -0.05) is 25.8 Å². The molecule has 126 valence electrons. The van der Waals surface area contributed by atoms with E-state index in [0.717, 1.165) is 36.3 Å². The summed E-state index contributed by atoms with van der Waals surface area (Å²) in [5.41, 5.74) is 1.25. The predicted octanol–water partition coefficient (Wildman–Crippen LogP) is 6.15. The van der Waals surface area contributed by atoms with Gasteiger partial charge >= 0.3 is 0 Å². The summed E-state index contributed by atoms with van der Waals surface area (Å²) in [6, 6.07) is 6.21. The molecule has 0 N–H and O–H groups in total. The highest BCUT2D eigenvalue weighted by atomic mass is 79.9. The van der Waals surface area contributed by atoms with Crippen LogP contribution in [0.3, 0.4) is 0 Å². The second kappa shape index (κ2) is 9.57. The van der Waals surface area contributed by atoms with Gasteiger partial charge in [-0.2, -0.15) is 0 Å².